The molecule has 1 aromatic rings. The zero-order chi connectivity index (χ0) is 7.40. The van der Waals surface area contributed by atoms with Gasteiger partial charge in [0.2, 0.25) is 0 Å². The van der Waals surface area contributed by atoms with Crippen molar-refractivity contribution >= 4 is 29.8 Å². The average Bonchev–Trinajstić information content (AvgIpc) is 1.88. The second-order valence-corrected chi connectivity index (χ2v) is 2.23. The summed E-state index contributed by atoms with van der Waals surface area (Å²) in [6, 6.07) is 3.70. The minimum atomic E-state index is 0. The van der Waals surface area contributed by atoms with Crippen molar-refractivity contribution in [3.8, 4) is 0 Å². The van der Waals surface area contributed by atoms with E-state index in [9.17, 15) is 4.79 Å². The number of hydrogen-bond acceptors (Lipinski definition) is 2. The average molecular weight is 263 g/mol. The number of carbonyl (C=O) groups is 1. The van der Waals surface area contributed by atoms with Gasteiger partial charge in [0.15, 0.2) is 0 Å². The van der Waals surface area contributed by atoms with Crippen molar-refractivity contribution < 1.29 is 4.79 Å². The summed E-state index contributed by atoms with van der Waals surface area (Å²) in [5, 5.41) is 0. The van der Waals surface area contributed by atoms with Crippen LogP contribution in [0.15, 0.2) is 24.5 Å². The van der Waals surface area contributed by atoms with Crippen molar-refractivity contribution in [1.82, 2.24) is 4.98 Å². The molecule has 1 aromatic heterocycles. The second-order valence-electron chi connectivity index (χ2n) is 2.23. The summed E-state index contributed by atoms with van der Waals surface area (Å²) in [5.74, 6) is 0.186. The fourth-order valence-electron chi connectivity index (χ4n) is 0.788. The van der Waals surface area contributed by atoms with Gasteiger partial charge < -0.3 is 0 Å². The molecule has 0 aliphatic carbocycles. The molecule has 0 spiro atoms. The number of pyridine rings is 1. The fourth-order valence-corrected chi connectivity index (χ4v) is 0.788. The Hall–Kier alpha value is -0.450. The molecule has 1 heterocycles. The second kappa shape index (κ2) is 5.23. The maximum atomic E-state index is 10.6. The molecule has 0 radical (unpaired) electrons. The van der Waals surface area contributed by atoms with Crippen LogP contribution in [-0.2, 0) is 11.2 Å². The molecule has 0 saturated carbocycles. The summed E-state index contributed by atoms with van der Waals surface area (Å²) < 4.78 is 0. The van der Waals surface area contributed by atoms with Gasteiger partial charge in [0.1, 0.15) is 5.78 Å². The molecule has 0 N–H and O–H groups in total. The zero-order valence-corrected chi connectivity index (χ0v) is 8.61. The monoisotopic (exact) mass is 263 g/mol. The van der Waals surface area contributed by atoms with Gasteiger partial charge in [-0.25, -0.2) is 0 Å². The third-order valence-corrected chi connectivity index (χ3v) is 1.20. The van der Waals surface area contributed by atoms with Crippen LogP contribution in [-0.4, -0.2) is 10.8 Å². The Morgan fingerprint density at radius 3 is 2.45 bits per heavy atom. The molecule has 0 aromatic carbocycles. The van der Waals surface area contributed by atoms with Crippen LogP contribution in [0.3, 0.4) is 0 Å². The highest BCUT2D eigenvalue weighted by Gasteiger charge is 1.93. The van der Waals surface area contributed by atoms with E-state index in [4.69, 9.17) is 0 Å². The maximum absolute atomic E-state index is 10.6. The van der Waals surface area contributed by atoms with Crippen LogP contribution < -0.4 is 0 Å². The molecule has 0 aliphatic heterocycles. The highest BCUT2D eigenvalue weighted by atomic mass is 127. The lowest BCUT2D eigenvalue weighted by molar-refractivity contribution is -0.116. The number of carbonyl (C=O) groups excluding carboxylic acids is 1. The van der Waals surface area contributed by atoms with Crippen molar-refractivity contribution in [3.63, 3.8) is 0 Å². The first kappa shape index (κ1) is 10.6. The number of aromatic nitrogens is 1. The Kier molecular flexibility index (Phi) is 5.02. The van der Waals surface area contributed by atoms with E-state index in [1.165, 1.54) is 0 Å². The molecule has 1 rings (SSSR count). The van der Waals surface area contributed by atoms with Gasteiger partial charge in [-0.3, -0.25) is 9.78 Å². The third-order valence-electron chi connectivity index (χ3n) is 1.20. The van der Waals surface area contributed by atoms with E-state index >= 15 is 0 Å². The van der Waals surface area contributed by atoms with E-state index in [1.54, 1.807) is 19.3 Å². The van der Waals surface area contributed by atoms with E-state index in [0.717, 1.165) is 5.56 Å². The molecule has 0 atom stereocenters. The molecular formula is C8H10INO. The van der Waals surface area contributed by atoms with E-state index in [-0.39, 0.29) is 29.8 Å². The Labute approximate surface area is 83.1 Å². The van der Waals surface area contributed by atoms with Gasteiger partial charge in [-0.1, -0.05) is 0 Å². The van der Waals surface area contributed by atoms with Crippen molar-refractivity contribution in [2.24, 2.45) is 0 Å². The van der Waals surface area contributed by atoms with Crippen LogP contribution in [0, 0.1) is 0 Å². The predicted octanol–water partition coefficient (Wildman–Crippen LogP) is 1.83. The molecule has 60 valence electrons. The predicted molar refractivity (Wildman–Crippen MR) is 54.0 cm³/mol. The molecule has 3 heteroatoms. The number of rotatable bonds is 2. The first-order valence-corrected chi connectivity index (χ1v) is 3.17. The molecule has 2 nitrogen and oxygen atoms in total. The molecule has 0 fully saturated rings. The van der Waals surface area contributed by atoms with E-state index in [2.05, 4.69) is 4.98 Å². The topological polar surface area (TPSA) is 30.0 Å². The normalized spacial score (nSPS) is 8.45. The van der Waals surface area contributed by atoms with Crippen molar-refractivity contribution in [1.29, 1.82) is 0 Å². The summed E-state index contributed by atoms with van der Waals surface area (Å²) in [4.78, 5) is 14.4. The van der Waals surface area contributed by atoms with Crippen LogP contribution in [0.4, 0.5) is 0 Å². The fraction of sp³-hybridized carbons (Fsp3) is 0.250. The smallest absolute Gasteiger partial charge is 0.134 e. The molecule has 0 amide bonds. The van der Waals surface area contributed by atoms with Gasteiger partial charge in [-0.2, -0.15) is 0 Å². The Morgan fingerprint density at radius 2 is 2.00 bits per heavy atom. The highest BCUT2D eigenvalue weighted by Crippen LogP contribution is 1.96. The first-order valence-electron chi connectivity index (χ1n) is 3.17. The molecule has 0 aliphatic rings. The van der Waals surface area contributed by atoms with Crippen LogP contribution in [0.2, 0.25) is 0 Å². The number of Topliss-reactive ketones (excluding diaryl/α,β-unsaturated/α-hetero) is 1. The van der Waals surface area contributed by atoms with Crippen molar-refractivity contribution in [3.05, 3.63) is 30.1 Å². The van der Waals surface area contributed by atoms with E-state index in [0.29, 0.717) is 6.42 Å². The number of halogens is 1. The third kappa shape index (κ3) is 4.08. The van der Waals surface area contributed by atoms with Gasteiger partial charge in [-0.05, 0) is 24.6 Å². The SMILES string of the molecule is CC(=O)Cc1ccncc1.I. The lowest BCUT2D eigenvalue weighted by Gasteiger charge is -1.93. The lowest BCUT2D eigenvalue weighted by atomic mass is 10.1. The number of hydrogen-bond donors (Lipinski definition) is 0. The Bertz CT molecular complexity index is 223. The molecular weight excluding hydrogens is 253 g/mol. The van der Waals surface area contributed by atoms with Gasteiger partial charge in [0.25, 0.3) is 0 Å². The van der Waals surface area contributed by atoms with E-state index < -0.39 is 0 Å². The van der Waals surface area contributed by atoms with Gasteiger partial charge in [0.05, 0.1) is 0 Å². The largest absolute Gasteiger partial charge is 0.300 e. The summed E-state index contributed by atoms with van der Waals surface area (Å²) in [6.07, 6.45) is 3.90. The molecule has 0 bridgehead atoms. The highest BCUT2D eigenvalue weighted by molar-refractivity contribution is 14.0. The maximum Gasteiger partial charge on any atom is 0.134 e. The van der Waals surface area contributed by atoms with Crippen LogP contribution in [0.5, 0.6) is 0 Å². The summed E-state index contributed by atoms with van der Waals surface area (Å²) in [6.45, 7) is 1.58. The minimum Gasteiger partial charge on any atom is -0.300 e. The van der Waals surface area contributed by atoms with Gasteiger partial charge in [-0.15, -0.1) is 24.0 Å². The Morgan fingerprint density at radius 1 is 1.45 bits per heavy atom. The number of ketones is 1. The quantitative estimate of drug-likeness (QED) is 0.762. The lowest BCUT2D eigenvalue weighted by Crippen LogP contribution is -1.95. The Balaban J connectivity index is 0.000001000. The van der Waals surface area contributed by atoms with Gasteiger partial charge >= 0.3 is 0 Å². The summed E-state index contributed by atoms with van der Waals surface area (Å²) in [7, 11) is 0. The minimum absolute atomic E-state index is 0. The summed E-state index contributed by atoms with van der Waals surface area (Å²) in [5.41, 5.74) is 1.03. The zero-order valence-electron chi connectivity index (χ0n) is 6.28. The van der Waals surface area contributed by atoms with E-state index in [1.807, 2.05) is 12.1 Å². The first-order chi connectivity index (χ1) is 4.79. The van der Waals surface area contributed by atoms with Crippen LogP contribution in [0.1, 0.15) is 12.5 Å². The van der Waals surface area contributed by atoms with Crippen molar-refractivity contribution in [2.75, 3.05) is 0 Å². The van der Waals surface area contributed by atoms with Crippen LogP contribution >= 0.6 is 24.0 Å². The van der Waals surface area contributed by atoms with Gasteiger partial charge in [0, 0.05) is 18.8 Å². The summed E-state index contributed by atoms with van der Waals surface area (Å²) >= 11 is 0. The molecule has 0 unspecified atom stereocenters. The standard InChI is InChI=1S/C8H9NO.HI/c1-7(10)6-8-2-4-9-5-3-8;/h2-5H,6H2,1H3;1H. The molecule has 0 saturated heterocycles. The van der Waals surface area contributed by atoms with Crippen LogP contribution in [0.25, 0.3) is 0 Å². The molecule has 11 heavy (non-hydrogen) atoms. The number of nitrogens with zero attached hydrogens (tertiary/aromatic N) is 1. The van der Waals surface area contributed by atoms with Crippen molar-refractivity contribution in [2.45, 2.75) is 13.3 Å².